The van der Waals surface area contributed by atoms with Gasteiger partial charge in [-0.1, -0.05) is 13.8 Å². The molecule has 7 heavy (non-hydrogen) atoms. The summed E-state index contributed by atoms with van der Waals surface area (Å²) in [5.74, 6) is 1.27. The molecule has 1 radical (unpaired) electrons. The highest BCUT2D eigenvalue weighted by Crippen LogP contribution is 2.06. The summed E-state index contributed by atoms with van der Waals surface area (Å²) in [5, 5.41) is 8.10. The average Bonchev–Trinajstić information content (AvgIpc) is 1.68. The molecule has 0 saturated heterocycles. The van der Waals surface area contributed by atoms with Gasteiger partial charge in [0.2, 0.25) is 0 Å². The predicted octanol–water partition coefficient (Wildman–Crippen LogP) is 1.90. The maximum absolute atomic E-state index is 8.10. The van der Waals surface area contributed by atoms with Crippen LogP contribution < -0.4 is 0 Å². The van der Waals surface area contributed by atoms with Crippen molar-refractivity contribution in [2.24, 2.45) is 0 Å². The summed E-state index contributed by atoms with van der Waals surface area (Å²) in [5.41, 5.74) is 0. The molecule has 0 N–H and O–H groups in total. The third-order valence-electron chi connectivity index (χ3n) is 0.984. The SMILES string of the molecule is CC[C](C)CC#N. The molecular weight excluding hydrogens is 86.1 g/mol. The van der Waals surface area contributed by atoms with E-state index in [1.165, 1.54) is 5.92 Å². The van der Waals surface area contributed by atoms with E-state index in [9.17, 15) is 0 Å². The monoisotopic (exact) mass is 96.1 g/mol. The molecule has 1 heteroatoms. The van der Waals surface area contributed by atoms with Gasteiger partial charge in [0, 0.05) is 6.42 Å². The van der Waals surface area contributed by atoms with E-state index in [0.29, 0.717) is 6.42 Å². The standard InChI is InChI=1S/C6H10N/c1-3-6(2)4-5-7/h3-4H2,1-2H3. The molecule has 0 atom stereocenters. The molecule has 0 fully saturated rings. The Morgan fingerprint density at radius 3 is 2.43 bits per heavy atom. The third kappa shape index (κ3) is 3.32. The fourth-order valence-corrected chi connectivity index (χ4v) is 0.260. The second kappa shape index (κ2) is 3.67. The summed E-state index contributed by atoms with van der Waals surface area (Å²) in [6.07, 6.45) is 1.66. The fraction of sp³-hybridized carbons (Fsp3) is 0.667. The highest BCUT2D eigenvalue weighted by Gasteiger charge is 1.93. The van der Waals surface area contributed by atoms with Crippen LogP contribution in [0.2, 0.25) is 0 Å². The topological polar surface area (TPSA) is 23.8 Å². The largest absolute Gasteiger partial charge is 0.198 e. The molecule has 0 spiro atoms. The second-order valence-corrected chi connectivity index (χ2v) is 1.65. The predicted molar refractivity (Wildman–Crippen MR) is 29.4 cm³/mol. The minimum Gasteiger partial charge on any atom is -0.198 e. The zero-order chi connectivity index (χ0) is 5.70. The molecule has 0 aliphatic carbocycles. The first-order valence-corrected chi connectivity index (χ1v) is 2.49. The van der Waals surface area contributed by atoms with Gasteiger partial charge in [-0.25, -0.2) is 0 Å². The lowest BCUT2D eigenvalue weighted by Gasteiger charge is -1.95. The van der Waals surface area contributed by atoms with Crippen LogP contribution in [-0.2, 0) is 0 Å². The summed E-state index contributed by atoms with van der Waals surface area (Å²) in [4.78, 5) is 0. The molecule has 0 heterocycles. The summed E-state index contributed by atoms with van der Waals surface area (Å²) in [6, 6.07) is 2.08. The van der Waals surface area contributed by atoms with Crippen molar-refractivity contribution in [1.82, 2.24) is 0 Å². The summed E-state index contributed by atoms with van der Waals surface area (Å²) < 4.78 is 0. The van der Waals surface area contributed by atoms with Crippen LogP contribution in [0.15, 0.2) is 0 Å². The first kappa shape index (κ1) is 6.49. The lowest BCUT2D eigenvalue weighted by molar-refractivity contribution is 0.866. The van der Waals surface area contributed by atoms with E-state index in [-0.39, 0.29) is 0 Å². The molecule has 0 rings (SSSR count). The van der Waals surface area contributed by atoms with E-state index in [1.54, 1.807) is 0 Å². The van der Waals surface area contributed by atoms with E-state index in [0.717, 1.165) is 6.42 Å². The quantitative estimate of drug-likeness (QED) is 0.515. The number of hydrogen-bond acceptors (Lipinski definition) is 1. The molecule has 0 aromatic heterocycles. The van der Waals surface area contributed by atoms with Gasteiger partial charge in [0.05, 0.1) is 6.07 Å². The van der Waals surface area contributed by atoms with Crippen LogP contribution in [0.3, 0.4) is 0 Å². The van der Waals surface area contributed by atoms with Gasteiger partial charge in [-0.15, -0.1) is 0 Å². The van der Waals surface area contributed by atoms with Crippen molar-refractivity contribution in [2.45, 2.75) is 26.7 Å². The molecule has 0 amide bonds. The zero-order valence-corrected chi connectivity index (χ0v) is 4.86. The van der Waals surface area contributed by atoms with Crippen LogP contribution in [0.5, 0.6) is 0 Å². The fourth-order valence-electron chi connectivity index (χ4n) is 0.260. The Balaban J connectivity index is 3.03. The minimum atomic E-state index is 0.622. The molecular formula is C6H10N. The van der Waals surface area contributed by atoms with Gasteiger partial charge in [-0.05, 0) is 12.3 Å². The van der Waals surface area contributed by atoms with Crippen molar-refractivity contribution >= 4 is 0 Å². The maximum Gasteiger partial charge on any atom is 0.0627 e. The van der Waals surface area contributed by atoms with Crippen LogP contribution >= 0.6 is 0 Å². The van der Waals surface area contributed by atoms with Gasteiger partial charge in [-0.3, -0.25) is 0 Å². The van der Waals surface area contributed by atoms with Gasteiger partial charge >= 0.3 is 0 Å². The first-order valence-electron chi connectivity index (χ1n) is 2.49. The van der Waals surface area contributed by atoms with Crippen molar-refractivity contribution in [2.75, 3.05) is 0 Å². The Morgan fingerprint density at radius 2 is 2.29 bits per heavy atom. The number of nitriles is 1. The Bertz CT molecular complexity index is 70.7. The highest BCUT2D eigenvalue weighted by molar-refractivity contribution is 4.92. The lowest BCUT2D eigenvalue weighted by Crippen LogP contribution is -1.83. The summed E-state index contributed by atoms with van der Waals surface area (Å²) in [6.45, 7) is 4.07. The number of rotatable bonds is 2. The minimum absolute atomic E-state index is 0.622. The van der Waals surface area contributed by atoms with Crippen LogP contribution in [-0.4, -0.2) is 0 Å². The molecule has 0 aliphatic rings. The zero-order valence-electron chi connectivity index (χ0n) is 4.86. The van der Waals surface area contributed by atoms with Crippen LogP contribution in [0, 0.1) is 17.2 Å². The van der Waals surface area contributed by atoms with Crippen molar-refractivity contribution in [3.8, 4) is 6.07 Å². The highest BCUT2D eigenvalue weighted by atomic mass is 14.2. The first-order chi connectivity index (χ1) is 3.31. The molecule has 1 nitrogen and oxygen atoms in total. The van der Waals surface area contributed by atoms with Gasteiger partial charge < -0.3 is 0 Å². The van der Waals surface area contributed by atoms with E-state index < -0.39 is 0 Å². The second-order valence-electron chi connectivity index (χ2n) is 1.65. The lowest BCUT2D eigenvalue weighted by atomic mass is 10.1. The Labute approximate surface area is 45.0 Å². The number of hydrogen-bond donors (Lipinski definition) is 0. The average molecular weight is 96.2 g/mol. The van der Waals surface area contributed by atoms with Crippen molar-refractivity contribution in [1.29, 1.82) is 5.26 Å². The van der Waals surface area contributed by atoms with E-state index in [2.05, 4.69) is 13.0 Å². The van der Waals surface area contributed by atoms with Crippen LogP contribution in [0.25, 0.3) is 0 Å². The molecule has 0 aromatic rings. The van der Waals surface area contributed by atoms with Crippen molar-refractivity contribution in [3.63, 3.8) is 0 Å². The van der Waals surface area contributed by atoms with E-state index in [1.807, 2.05) is 6.92 Å². The number of nitrogens with zero attached hydrogens (tertiary/aromatic N) is 1. The smallest absolute Gasteiger partial charge is 0.0627 e. The third-order valence-corrected chi connectivity index (χ3v) is 0.984. The Kier molecular flexibility index (Phi) is 3.40. The van der Waals surface area contributed by atoms with Crippen molar-refractivity contribution in [3.05, 3.63) is 5.92 Å². The van der Waals surface area contributed by atoms with Gasteiger partial charge in [0.15, 0.2) is 0 Å². The van der Waals surface area contributed by atoms with Gasteiger partial charge in [0.25, 0.3) is 0 Å². The molecule has 0 unspecified atom stereocenters. The van der Waals surface area contributed by atoms with Gasteiger partial charge in [-0.2, -0.15) is 5.26 Å². The van der Waals surface area contributed by atoms with Crippen LogP contribution in [0.1, 0.15) is 26.7 Å². The molecule has 0 aliphatic heterocycles. The van der Waals surface area contributed by atoms with Gasteiger partial charge in [0.1, 0.15) is 0 Å². The van der Waals surface area contributed by atoms with E-state index in [4.69, 9.17) is 5.26 Å². The Hall–Kier alpha value is -0.510. The normalized spacial score (nSPS) is 8.86. The maximum atomic E-state index is 8.10. The van der Waals surface area contributed by atoms with Crippen molar-refractivity contribution < 1.29 is 0 Å². The summed E-state index contributed by atoms with van der Waals surface area (Å²) >= 11 is 0. The molecule has 0 bridgehead atoms. The van der Waals surface area contributed by atoms with E-state index >= 15 is 0 Å². The Morgan fingerprint density at radius 1 is 1.71 bits per heavy atom. The molecule has 0 aromatic carbocycles. The van der Waals surface area contributed by atoms with Crippen LogP contribution in [0.4, 0.5) is 0 Å². The molecule has 39 valence electrons. The summed E-state index contributed by atoms with van der Waals surface area (Å²) in [7, 11) is 0. The molecule has 0 saturated carbocycles.